The summed E-state index contributed by atoms with van der Waals surface area (Å²) in [7, 11) is 3.16. The van der Waals surface area contributed by atoms with Gasteiger partial charge in [0, 0.05) is 13.1 Å². The molecule has 0 amide bonds. The predicted octanol–water partition coefficient (Wildman–Crippen LogP) is 3.90. The molecule has 2 aromatic rings. The third kappa shape index (κ3) is 7.73. The normalized spacial score (nSPS) is 11.7. The van der Waals surface area contributed by atoms with Crippen molar-refractivity contribution in [3.8, 4) is 17.2 Å². The molecule has 0 radical (unpaired) electrons. The zero-order valence-electron chi connectivity index (χ0n) is 17.2. The first kappa shape index (κ1) is 23.2. The topological polar surface area (TPSA) is 64.1 Å². The van der Waals surface area contributed by atoms with Crippen LogP contribution < -0.4 is 24.8 Å². The molecule has 0 aliphatic rings. The Morgan fingerprint density at radius 2 is 1.60 bits per heavy atom. The maximum atomic E-state index is 12.2. The lowest BCUT2D eigenvalue weighted by Crippen LogP contribution is -2.36. The molecule has 2 rings (SSSR count). The van der Waals surface area contributed by atoms with Gasteiger partial charge in [0.2, 0.25) is 0 Å². The Kier molecular flexibility index (Phi) is 8.64. The van der Waals surface area contributed by atoms with E-state index in [1.54, 1.807) is 26.4 Å². The number of alkyl halides is 3. The molecular weight excluding hydrogens is 399 g/mol. The van der Waals surface area contributed by atoms with Crippen molar-refractivity contribution in [1.29, 1.82) is 0 Å². The standard InChI is InChI=1S/C21H26F3N3O3/c1-4-25-20(27-13-16-7-10-18(28-2)19(11-16)29-3)26-12-15-5-8-17(9-6-15)30-14-21(22,23)24/h5-11H,4,12-14H2,1-3H3,(H2,25,26,27). The number of halogens is 3. The number of guanidine groups is 1. The van der Waals surface area contributed by atoms with Crippen LogP contribution >= 0.6 is 0 Å². The number of benzene rings is 2. The van der Waals surface area contributed by atoms with Crippen LogP contribution in [0.5, 0.6) is 17.2 Å². The Labute approximate surface area is 174 Å². The third-order valence-electron chi connectivity index (χ3n) is 4.00. The van der Waals surface area contributed by atoms with Gasteiger partial charge >= 0.3 is 6.18 Å². The largest absolute Gasteiger partial charge is 0.493 e. The van der Waals surface area contributed by atoms with Crippen LogP contribution in [0.15, 0.2) is 47.5 Å². The highest BCUT2D eigenvalue weighted by Crippen LogP contribution is 2.27. The number of aliphatic imine (C=N–C) groups is 1. The maximum absolute atomic E-state index is 12.2. The molecule has 0 bridgehead atoms. The first-order valence-electron chi connectivity index (χ1n) is 9.36. The summed E-state index contributed by atoms with van der Waals surface area (Å²) < 4.78 is 51.9. The van der Waals surface area contributed by atoms with E-state index >= 15 is 0 Å². The van der Waals surface area contributed by atoms with E-state index in [0.29, 0.717) is 37.1 Å². The molecule has 0 spiro atoms. The molecule has 6 nitrogen and oxygen atoms in total. The predicted molar refractivity (Wildman–Crippen MR) is 109 cm³/mol. The average molecular weight is 425 g/mol. The molecule has 0 heterocycles. The van der Waals surface area contributed by atoms with E-state index in [1.165, 1.54) is 12.1 Å². The quantitative estimate of drug-likeness (QED) is 0.471. The van der Waals surface area contributed by atoms with Gasteiger partial charge in [0.15, 0.2) is 24.1 Å². The molecule has 0 aliphatic heterocycles. The Morgan fingerprint density at radius 1 is 0.933 bits per heavy atom. The number of nitrogens with zero attached hydrogens (tertiary/aromatic N) is 1. The van der Waals surface area contributed by atoms with Crippen LogP contribution in [-0.4, -0.2) is 39.5 Å². The molecular formula is C21H26F3N3O3. The summed E-state index contributed by atoms with van der Waals surface area (Å²) in [5.74, 6) is 2.07. The number of hydrogen-bond donors (Lipinski definition) is 2. The highest BCUT2D eigenvalue weighted by Gasteiger charge is 2.28. The lowest BCUT2D eigenvalue weighted by molar-refractivity contribution is -0.153. The minimum Gasteiger partial charge on any atom is -0.493 e. The van der Waals surface area contributed by atoms with Gasteiger partial charge in [-0.2, -0.15) is 13.2 Å². The fourth-order valence-electron chi connectivity index (χ4n) is 2.55. The Balaban J connectivity index is 1.95. The van der Waals surface area contributed by atoms with Crippen molar-refractivity contribution in [2.24, 2.45) is 4.99 Å². The van der Waals surface area contributed by atoms with E-state index in [0.717, 1.165) is 11.1 Å². The van der Waals surface area contributed by atoms with Gasteiger partial charge < -0.3 is 24.8 Å². The van der Waals surface area contributed by atoms with Crippen molar-refractivity contribution >= 4 is 5.96 Å². The number of methoxy groups -OCH3 is 2. The van der Waals surface area contributed by atoms with Gasteiger partial charge in [-0.15, -0.1) is 0 Å². The molecule has 0 saturated carbocycles. The molecule has 0 unspecified atom stereocenters. The summed E-state index contributed by atoms with van der Waals surface area (Å²) in [6, 6.07) is 12.0. The Morgan fingerprint density at radius 3 is 2.20 bits per heavy atom. The number of ether oxygens (including phenoxy) is 3. The van der Waals surface area contributed by atoms with Crippen LogP contribution in [0.25, 0.3) is 0 Å². The molecule has 9 heteroatoms. The molecule has 30 heavy (non-hydrogen) atoms. The second-order valence-electron chi connectivity index (χ2n) is 6.29. The minimum atomic E-state index is -4.36. The number of nitrogens with one attached hydrogen (secondary N) is 2. The molecule has 0 aromatic heterocycles. The summed E-state index contributed by atoms with van der Waals surface area (Å²) in [5, 5.41) is 6.35. The second kappa shape index (κ2) is 11.2. The van der Waals surface area contributed by atoms with Crippen molar-refractivity contribution < 1.29 is 27.4 Å². The van der Waals surface area contributed by atoms with Gasteiger partial charge in [-0.05, 0) is 42.3 Å². The Hall–Kier alpha value is -3.10. The zero-order chi connectivity index (χ0) is 22.0. The van der Waals surface area contributed by atoms with Gasteiger partial charge in [-0.1, -0.05) is 18.2 Å². The van der Waals surface area contributed by atoms with Crippen LogP contribution in [0.4, 0.5) is 13.2 Å². The average Bonchev–Trinajstić information content (AvgIpc) is 2.74. The Bertz CT molecular complexity index is 824. The van der Waals surface area contributed by atoms with E-state index in [-0.39, 0.29) is 5.75 Å². The lowest BCUT2D eigenvalue weighted by atomic mass is 10.2. The van der Waals surface area contributed by atoms with Gasteiger partial charge in [-0.25, -0.2) is 4.99 Å². The van der Waals surface area contributed by atoms with Crippen molar-refractivity contribution in [3.05, 3.63) is 53.6 Å². The maximum Gasteiger partial charge on any atom is 0.422 e. The lowest BCUT2D eigenvalue weighted by Gasteiger charge is -2.13. The zero-order valence-corrected chi connectivity index (χ0v) is 17.2. The molecule has 2 N–H and O–H groups in total. The monoisotopic (exact) mass is 425 g/mol. The molecule has 164 valence electrons. The van der Waals surface area contributed by atoms with Crippen LogP contribution in [0, 0.1) is 0 Å². The van der Waals surface area contributed by atoms with Crippen LogP contribution in [0.2, 0.25) is 0 Å². The highest BCUT2D eigenvalue weighted by molar-refractivity contribution is 5.79. The fraction of sp³-hybridized carbons (Fsp3) is 0.381. The molecule has 0 atom stereocenters. The van der Waals surface area contributed by atoms with E-state index in [9.17, 15) is 13.2 Å². The SMILES string of the molecule is CCNC(=NCc1ccc(OC)c(OC)c1)NCc1ccc(OCC(F)(F)F)cc1. The first-order chi connectivity index (χ1) is 14.3. The van der Waals surface area contributed by atoms with Crippen LogP contribution in [-0.2, 0) is 13.1 Å². The van der Waals surface area contributed by atoms with E-state index in [1.807, 2.05) is 25.1 Å². The van der Waals surface area contributed by atoms with Crippen LogP contribution in [0.3, 0.4) is 0 Å². The summed E-state index contributed by atoms with van der Waals surface area (Å²) >= 11 is 0. The van der Waals surface area contributed by atoms with Gasteiger partial charge in [0.1, 0.15) is 5.75 Å². The summed E-state index contributed by atoms with van der Waals surface area (Å²) in [4.78, 5) is 4.55. The fourth-order valence-corrected chi connectivity index (χ4v) is 2.55. The smallest absolute Gasteiger partial charge is 0.422 e. The summed E-state index contributed by atoms with van der Waals surface area (Å²) in [6.07, 6.45) is -4.36. The van der Waals surface area contributed by atoms with Crippen molar-refractivity contribution in [2.45, 2.75) is 26.2 Å². The number of rotatable bonds is 9. The van der Waals surface area contributed by atoms with E-state index < -0.39 is 12.8 Å². The first-order valence-corrected chi connectivity index (χ1v) is 9.36. The van der Waals surface area contributed by atoms with Crippen LogP contribution in [0.1, 0.15) is 18.1 Å². The second-order valence-corrected chi connectivity index (χ2v) is 6.29. The third-order valence-corrected chi connectivity index (χ3v) is 4.00. The van der Waals surface area contributed by atoms with Gasteiger partial charge in [0.25, 0.3) is 0 Å². The molecule has 0 fully saturated rings. The van der Waals surface area contributed by atoms with E-state index in [2.05, 4.69) is 15.6 Å². The van der Waals surface area contributed by atoms with Crippen molar-refractivity contribution in [2.75, 3.05) is 27.4 Å². The summed E-state index contributed by atoms with van der Waals surface area (Å²) in [6.45, 7) is 2.22. The molecule has 0 aliphatic carbocycles. The van der Waals surface area contributed by atoms with Crippen molar-refractivity contribution in [3.63, 3.8) is 0 Å². The van der Waals surface area contributed by atoms with E-state index in [4.69, 9.17) is 14.2 Å². The molecule has 0 saturated heterocycles. The summed E-state index contributed by atoms with van der Waals surface area (Å²) in [5.41, 5.74) is 1.84. The molecule has 2 aromatic carbocycles. The van der Waals surface area contributed by atoms with Gasteiger partial charge in [-0.3, -0.25) is 0 Å². The minimum absolute atomic E-state index is 0.171. The highest BCUT2D eigenvalue weighted by atomic mass is 19.4. The number of hydrogen-bond acceptors (Lipinski definition) is 4. The van der Waals surface area contributed by atoms with Crippen molar-refractivity contribution in [1.82, 2.24) is 10.6 Å². The van der Waals surface area contributed by atoms with Gasteiger partial charge in [0.05, 0.1) is 20.8 Å².